The summed E-state index contributed by atoms with van der Waals surface area (Å²) in [5.74, 6) is 1.10. The van der Waals surface area contributed by atoms with Crippen LogP contribution in [0.4, 0.5) is 5.82 Å². The molecule has 2 fully saturated rings. The molecular formula is C14H20BrN3. The molecule has 1 saturated carbocycles. The summed E-state index contributed by atoms with van der Waals surface area (Å²) in [4.78, 5) is 9.56. The van der Waals surface area contributed by atoms with Crippen molar-refractivity contribution in [3.05, 3.63) is 22.8 Å². The SMILES string of the molecule is Brc1cccnc1N1CCN(C2CCCC2)CC1. The highest BCUT2D eigenvalue weighted by Crippen LogP contribution is 2.27. The van der Waals surface area contributed by atoms with E-state index >= 15 is 0 Å². The molecule has 0 amide bonds. The van der Waals surface area contributed by atoms with E-state index in [1.54, 1.807) is 0 Å². The lowest BCUT2D eigenvalue weighted by molar-refractivity contribution is 0.187. The Balaban J connectivity index is 1.61. The lowest BCUT2D eigenvalue weighted by atomic mass is 10.2. The van der Waals surface area contributed by atoms with Crippen LogP contribution in [0.3, 0.4) is 0 Å². The van der Waals surface area contributed by atoms with Crippen LogP contribution < -0.4 is 4.90 Å². The van der Waals surface area contributed by atoms with Gasteiger partial charge in [-0.3, -0.25) is 4.90 Å². The second kappa shape index (κ2) is 5.57. The van der Waals surface area contributed by atoms with E-state index in [2.05, 4.69) is 36.8 Å². The van der Waals surface area contributed by atoms with E-state index in [0.717, 1.165) is 29.4 Å². The first kappa shape index (κ1) is 12.4. The highest BCUT2D eigenvalue weighted by molar-refractivity contribution is 9.10. The summed E-state index contributed by atoms with van der Waals surface area (Å²) in [6.45, 7) is 4.58. The number of anilines is 1. The van der Waals surface area contributed by atoms with Crippen molar-refractivity contribution in [1.82, 2.24) is 9.88 Å². The molecule has 1 aromatic rings. The van der Waals surface area contributed by atoms with E-state index < -0.39 is 0 Å². The van der Waals surface area contributed by atoms with Gasteiger partial charge in [-0.2, -0.15) is 0 Å². The number of hydrogen-bond donors (Lipinski definition) is 0. The fourth-order valence-corrected chi connectivity index (χ4v) is 3.68. The molecular weight excluding hydrogens is 290 g/mol. The lowest BCUT2D eigenvalue weighted by Crippen LogP contribution is -2.50. The number of aromatic nitrogens is 1. The zero-order valence-electron chi connectivity index (χ0n) is 10.7. The average Bonchev–Trinajstić information content (AvgIpc) is 2.94. The molecule has 2 heterocycles. The fourth-order valence-electron chi connectivity index (χ4n) is 3.18. The van der Waals surface area contributed by atoms with Crippen molar-refractivity contribution >= 4 is 21.7 Å². The second-order valence-electron chi connectivity index (χ2n) is 5.27. The van der Waals surface area contributed by atoms with Crippen molar-refractivity contribution in [2.75, 3.05) is 31.1 Å². The molecule has 18 heavy (non-hydrogen) atoms. The predicted molar refractivity (Wildman–Crippen MR) is 78.0 cm³/mol. The van der Waals surface area contributed by atoms with Gasteiger partial charge in [0.1, 0.15) is 5.82 Å². The maximum atomic E-state index is 4.49. The predicted octanol–water partition coefficient (Wildman–Crippen LogP) is 2.91. The number of halogens is 1. The third-order valence-electron chi connectivity index (χ3n) is 4.19. The Hall–Kier alpha value is -0.610. The molecule has 0 bridgehead atoms. The van der Waals surface area contributed by atoms with Crippen molar-refractivity contribution in [1.29, 1.82) is 0 Å². The molecule has 0 N–H and O–H groups in total. The summed E-state index contributed by atoms with van der Waals surface area (Å²) < 4.78 is 1.11. The molecule has 1 saturated heterocycles. The van der Waals surface area contributed by atoms with Gasteiger partial charge in [0.25, 0.3) is 0 Å². The number of pyridine rings is 1. The van der Waals surface area contributed by atoms with Crippen molar-refractivity contribution in [2.45, 2.75) is 31.7 Å². The first-order valence-corrected chi connectivity index (χ1v) is 7.73. The molecule has 0 unspecified atom stereocenters. The standard InChI is InChI=1S/C14H20BrN3/c15-13-6-3-7-16-14(13)18-10-8-17(9-11-18)12-4-1-2-5-12/h3,6-7,12H,1-2,4-5,8-11H2. The molecule has 1 aliphatic heterocycles. The van der Waals surface area contributed by atoms with Crippen LogP contribution in [0.2, 0.25) is 0 Å². The number of rotatable bonds is 2. The molecule has 98 valence electrons. The average molecular weight is 310 g/mol. The van der Waals surface area contributed by atoms with Gasteiger partial charge in [0.15, 0.2) is 0 Å². The van der Waals surface area contributed by atoms with Gasteiger partial charge in [-0.05, 0) is 40.9 Å². The van der Waals surface area contributed by atoms with Crippen LogP contribution in [0.1, 0.15) is 25.7 Å². The summed E-state index contributed by atoms with van der Waals surface area (Å²) in [6, 6.07) is 4.91. The minimum atomic E-state index is 0.860. The molecule has 0 spiro atoms. The molecule has 4 heteroatoms. The van der Waals surface area contributed by atoms with Gasteiger partial charge in [0.2, 0.25) is 0 Å². The maximum Gasteiger partial charge on any atom is 0.142 e. The van der Waals surface area contributed by atoms with Crippen LogP contribution in [0.5, 0.6) is 0 Å². The Labute approximate surface area is 117 Å². The van der Waals surface area contributed by atoms with Gasteiger partial charge < -0.3 is 4.90 Å². The highest BCUT2D eigenvalue weighted by atomic mass is 79.9. The topological polar surface area (TPSA) is 19.4 Å². The van der Waals surface area contributed by atoms with Gasteiger partial charge in [-0.15, -0.1) is 0 Å². The first-order chi connectivity index (χ1) is 8.84. The van der Waals surface area contributed by atoms with Gasteiger partial charge in [0, 0.05) is 38.4 Å². The van der Waals surface area contributed by atoms with E-state index in [1.165, 1.54) is 38.8 Å². The summed E-state index contributed by atoms with van der Waals surface area (Å²) in [5, 5.41) is 0. The largest absolute Gasteiger partial charge is 0.353 e. The van der Waals surface area contributed by atoms with Crippen molar-refractivity contribution < 1.29 is 0 Å². The molecule has 3 rings (SSSR count). The monoisotopic (exact) mass is 309 g/mol. The summed E-state index contributed by atoms with van der Waals surface area (Å²) in [7, 11) is 0. The van der Waals surface area contributed by atoms with Crippen LogP contribution in [-0.2, 0) is 0 Å². The van der Waals surface area contributed by atoms with E-state index in [1.807, 2.05) is 12.3 Å². The fraction of sp³-hybridized carbons (Fsp3) is 0.643. The van der Waals surface area contributed by atoms with Crippen molar-refractivity contribution in [2.24, 2.45) is 0 Å². The molecule has 0 aromatic carbocycles. The quantitative estimate of drug-likeness (QED) is 0.837. The number of nitrogens with zero attached hydrogens (tertiary/aromatic N) is 3. The van der Waals surface area contributed by atoms with E-state index in [4.69, 9.17) is 0 Å². The molecule has 0 radical (unpaired) electrons. The van der Waals surface area contributed by atoms with E-state index in [0.29, 0.717) is 0 Å². The highest BCUT2D eigenvalue weighted by Gasteiger charge is 2.26. The maximum absolute atomic E-state index is 4.49. The van der Waals surface area contributed by atoms with Crippen LogP contribution in [0.25, 0.3) is 0 Å². The first-order valence-electron chi connectivity index (χ1n) is 6.94. The van der Waals surface area contributed by atoms with Gasteiger partial charge >= 0.3 is 0 Å². The van der Waals surface area contributed by atoms with Crippen molar-refractivity contribution in [3.8, 4) is 0 Å². The van der Waals surface area contributed by atoms with E-state index in [9.17, 15) is 0 Å². The molecule has 0 atom stereocenters. The summed E-state index contributed by atoms with van der Waals surface area (Å²) in [5.41, 5.74) is 0. The minimum Gasteiger partial charge on any atom is -0.353 e. The molecule has 1 aromatic heterocycles. The second-order valence-corrected chi connectivity index (χ2v) is 6.12. The Bertz CT molecular complexity index is 396. The molecule has 1 aliphatic carbocycles. The third-order valence-corrected chi connectivity index (χ3v) is 4.81. The zero-order valence-corrected chi connectivity index (χ0v) is 12.3. The minimum absolute atomic E-state index is 0.860. The third kappa shape index (κ3) is 2.54. The normalized spacial score (nSPS) is 22.6. The molecule has 2 aliphatic rings. The summed E-state index contributed by atoms with van der Waals surface area (Å²) in [6.07, 6.45) is 7.55. The Morgan fingerprint density at radius 1 is 1.11 bits per heavy atom. The van der Waals surface area contributed by atoms with Gasteiger partial charge in [0.05, 0.1) is 4.47 Å². The van der Waals surface area contributed by atoms with Gasteiger partial charge in [-0.1, -0.05) is 12.8 Å². The van der Waals surface area contributed by atoms with Crippen molar-refractivity contribution in [3.63, 3.8) is 0 Å². The lowest BCUT2D eigenvalue weighted by Gasteiger charge is -2.38. The van der Waals surface area contributed by atoms with Crippen LogP contribution in [-0.4, -0.2) is 42.1 Å². The smallest absolute Gasteiger partial charge is 0.142 e. The molecule has 3 nitrogen and oxygen atoms in total. The Morgan fingerprint density at radius 2 is 1.83 bits per heavy atom. The Kier molecular flexibility index (Phi) is 3.85. The van der Waals surface area contributed by atoms with E-state index in [-0.39, 0.29) is 0 Å². The van der Waals surface area contributed by atoms with Crippen LogP contribution >= 0.6 is 15.9 Å². The number of hydrogen-bond acceptors (Lipinski definition) is 3. The van der Waals surface area contributed by atoms with Crippen LogP contribution in [0.15, 0.2) is 22.8 Å². The van der Waals surface area contributed by atoms with Gasteiger partial charge in [-0.25, -0.2) is 4.98 Å². The Morgan fingerprint density at radius 3 is 2.50 bits per heavy atom. The van der Waals surface area contributed by atoms with Crippen LogP contribution in [0, 0.1) is 0 Å². The summed E-state index contributed by atoms with van der Waals surface area (Å²) >= 11 is 3.60. The zero-order chi connectivity index (χ0) is 12.4. The number of piperazine rings is 1.